The highest BCUT2D eigenvalue weighted by atomic mass is 16.5. The molecule has 0 bridgehead atoms. The molecule has 0 unspecified atom stereocenters. The highest BCUT2D eigenvalue weighted by Gasteiger charge is 2.16. The number of aromatic carboxylic acids is 1. The van der Waals surface area contributed by atoms with Crippen LogP contribution < -0.4 is 10.1 Å². The zero-order valence-electron chi connectivity index (χ0n) is 21.0. The molecule has 3 aromatic carbocycles. The number of carbonyl (C=O) groups is 3. The maximum atomic E-state index is 12.1. The number of rotatable bonds is 13. The van der Waals surface area contributed by atoms with Crippen LogP contribution in [0.25, 0.3) is 11.1 Å². The topological polar surface area (TPSA) is 111 Å². The van der Waals surface area contributed by atoms with Crippen LogP contribution in [-0.2, 0) is 38.6 Å². The van der Waals surface area contributed by atoms with Gasteiger partial charge in [0.2, 0.25) is 0 Å². The second-order valence-corrected chi connectivity index (χ2v) is 8.27. The van der Waals surface area contributed by atoms with Crippen molar-refractivity contribution < 1.29 is 33.7 Å². The van der Waals surface area contributed by atoms with Gasteiger partial charge >= 0.3 is 17.9 Å². The Bertz CT molecular complexity index is 1220. The highest BCUT2D eigenvalue weighted by molar-refractivity contribution is 5.89. The van der Waals surface area contributed by atoms with Crippen LogP contribution >= 0.6 is 0 Å². The summed E-state index contributed by atoms with van der Waals surface area (Å²) < 4.78 is 15.9. The Morgan fingerprint density at radius 2 is 1.65 bits per heavy atom. The van der Waals surface area contributed by atoms with Crippen molar-refractivity contribution in [1.82, 2.24) is 5.32 Å². The number of esters is 2. The van der Waals surface area contributed by atoms with Crippen LogP contribution in [0.1, 0.15) is 40.4 Å². The molecule has 0 fully saturated rings. The number of carboxylic acid groups (broad SMARTS) is 1. The molecule has 0 saturated heterocycles. The molecule has 0 saturated carbocycles. The van der Waals surface area contributed by atoms with Crippen LogP contribution in [0.3, 0.4) is 0 Å². The van der Waals surface area contributed by atoms with Gasteiger partial charge in [0.05, 0.1) is 32.1 Å². The van der Waals surface area contributed by atoms with Crippen molar-refractivity contribution in [3.8, 4) is 16.9 Å². The van der Waals surface area contributed by atoms with E-state index in [9.17, 15) is 19.5 Å². The van der Waals surface area contributed by atoms with Gasteiger partial charge in [0.15, 0.2) is 0 Å². The van der Waals surface area contributed by atoms with E-state index in [0.717, 1.165) is 22.3 Å². The number of methoxy groups -OCH3 is 1. The molecule has 0 radical (unpaired) electrons. The van der Waals surface area contributed by atoms with E-state index in [1.54, 1.807) is 38.3 Å². The maximum Gasteiger partial charge on any atom is 0.335 e. The monoisotopic (exact) mass is 505 g/mol. The Kier molecular flexibility index (Phi) is 10.2. The van der Waals surface area contributed by atoms with Gasteiger partial charge in [-0.1, -0.05) is 42.5 Å². The smallest absolute Gasteiger partial charge is 0.335 e. The lowest BCUT2D eigenvalue weighted by Gasteiger charge is -2.16. The summed E-state index contributed by atoms with van der Waals surface area (Å²) >= 11 is 0. The summed E-state index contributed by atoms with van der Waals surface area (Å²) in [5, 5.41) is 12.7. The van der Waals surface area contributed by atoms with Crippen LogP contribution in [-0.4, -0.2) is 43.3 Å². The minimum atomic E-state index is -1.04. The lowest BCUT2D eigenvalue weighted by molar-refractivity contribution is -0.145. The standard InChI is InChI=1S/C29H31NO7/c1-3-36-28(32)16-21-9-12-26(35-2)25(15-21)24-11-10-22(29(33)34)17-23(24)18-30-14-13-27(31)37-19-20-7-5-4-6-8-20/h4-12,15,17,30H,3,13-14,16,18-19H2,1-2H3,(H,33,34). The Balaban J connectivity index is 1.73. The zero-order valence-corrected chi connectivity index (χ0v) is 21.0. The number of ether oxygens (including phenoxy) is 3. The number of nitrogens with one attached hydrogen (secondary N) is 1. The number of hydrogen-bond donors (Lipinski definition) is 2. The van der Waals surface area contributed by atoms with Gasteiger partial charge in [-0.2, -0.15) is 0 Å². The van der Waals surface area contributed by atoms with E-state index in [-0.39, 0.29) is 37.0 Å². The molecule has 8 heteroatoms. The first-order chi connectivity index (χ1) is 17.9. The van der Waals surface area contributed by atoms with Crippen molar-refractivity contribution >= 4 is 17.9 Å². The largest absolute Gasteiger partial charge is 0.496 e. The van der Waals surface area contributed by atoms with Crippen molar-refractivity contribution in [2.24, 2.45) is 0 Å². The van der Waals surface area contributed by atoms with Crippen molar-refractivity contribution in [3.63, 3.8) is 0 Å². The Morgan fingerprint density at radius 1 is 0.865 bits per heavy atom. The fourth-order valence-corrected chi connectivity index (χ4v) is 3.81. The Labute approximate surface area is 216 Å². The van der Waals surface area contributed by atoms with E-state index in [2.05, 4.69) is 5.32 Å². The Morgan fingerprint density at radius 3 is 2.35 bits per heavy atom. The van der Waals surface area contributed by atoms with Crippen LogP contribution in [0, 0.1) is 0 Å². The molecule has 0 heterocycles. The third-order valence-electron chi connectivity index (χ3n) is 5.62. The number of carbonyl (C=O) groups excluding carboxylic acids is 2. The second kappa shape index (κ2) is 13.8. The normalized spacial score (nSPS) is 10.5. The van der Waals surface area contributed by atoms with Crippen LogP contribution in [0.15, 0.2) is 66.7 Å². The summed E-state index contributed by atoms with van der Waals surface area (Å²) in [6, 6.07) is 19.7. The minimum Gasteiger partial charge on any atom is -0.496 e. The predicted octanol–water partition coefficient (Wildman–Crippen LogP) is 4.39. The average Bonchev–Trinajstić information content (AvgIpc) is 2.90. The summed E-state index contributed by atoms with van der Waals surface area (Å²) in [7, 11) is 1.55. The predicted molar refractivity (Wildman–Crippen MR) is 138 cm³/mol. The molecule has 0 aliphatic carbocycles. The van der Waals surface area contributed by atoms with Crippen LogP contribution in [0.4, 0.5) is 0 Å². The number of benzene rings is 3. The van der Waals surface area contributed by atoms with E-state index in [0.29, 0.717) is 31.0 Å². The van der Waals surface area contributed by atoms with Gasteiger partial charge in [-0.15, -0.1) is 0 Å². The molecule has 0 amide bonds. The zero-order chi connectivity index (χ0) is 26.6. The SMILES string of the molecule is CCOC(=O)Cc1ccc(OC)c(-c2ccc(C(=O)O)cc2CNCCC(=O)OCc2ccccc2)c1. The lowest BCUT2D eigenvalue weighted by Crippen LogP contribution is -2.19. The molecule has 194 valence electrons. The van der Waals surface area contributed by atoms with Crippen molar-refractivity contribution in [2.45, 2.75) is 32.9 Å². The molecule has 0 spiro atoms. The van der Waals surface area contributed by atoms with Crippen molar-refractivity contribution in [2.75, 3.05) is 20.3 Å². The number of carboxylic acids is 1. The first-order valence-electron chi connectivity index (χ1n) is 12.0. The van der Waals surface area contributed by atoms with Gasteiger partial charge < -0.3 is 24.6 Å². The van der Waals surface area contributed by atoms with E-state index < -0.39 is 5.97 Å². The quantitative estimate of drug-likeness (QED) is 0.260. The van der Waals surface area contributed by atoms with Crippen molar-refractivity contribution in [3.05, 3.63) is 89.0 Å². The fraction of sp³-hybridized carbons (Fsp3) is 0.276. The summed E-state index contributed by atoms with van der Waals surface area (Å²) in [5.74, 6) is -1.12. The molecule has 0 aromatic heterocycles. The molecule has 3 rings (SSSR count). The van der Waals surface area contributed by atoms with Crippen LogP contribution in [0.2, 0.25) is 0 Å². The van der Waals surface area contributed by atoms with Gasteiger partial charge in [0.1, 0.15) is 12.4 Å². The molecule has 3 aromatic rings. The Hall–Kier alpha value is -4.17. The summed E-state index contributed by atoms with van der Waals surface area (Å²) in [6.07, 6.45) is 0.274. The molecular weight excluding hydrogens is 474 g/mol. The van der Waals surface area contributed by atoms with Gasteiger partial charge in [-0.3, -0.25) is 9.59 Å². The third-order valence-corrected chi connectivity index (χ3v) is 5.62. The van der Waals surface area contributed by atoms with E-state index in [1.807, 2.05) is 36.4 Å². The second-order valence-electron chi connectivity index (χ2n) is 8.27. The summed E-state index contributed by atoms with van der Waals surface area (Å²) in [6.45, 7) is 2.93. The van der Waals surface area contributed by atoms with E-state index in [4.69, 9.17) is 14.2 Å². The molecular formula is C29H31NO7. The molecule has 37 heavy (non-hydrogen) atoms. The lowest BCUT2D eigenvalue weighted by atomic mass is 9.94. The number of hydrogen-bond acceptors (Lipinski definition) is 7. The van der Waals surface area contributed by atoms with Crippen molar-refractivity contribution in [1.29, 1.82) is 0 Å². The average molecular weight is 506 g/mol. The molecule has 0 aliphatic heterocycles. The third kappa shape index (κ3) is 8.18. The maximum absolute atomic E-state index is 12.1. The molecule has 0 aliphatic rings. The first-order valence-corrected chi connectivity index (χ1v) is 12.0. The van der Waals surface area contributed by atoms with Gasteiger partial charge in [-0.05, 0) is 53.4 Å². The molecule has 2 N–H and O–H groups in total. The fourth-order valence-electron chi connectivity index (χ4n) is 3.81. The van der Waals surface area contributed by atoms with Gasteiger partial charge in [0, 0.05) is 18.7 Å². The summed E-state index contributed by atoms with van der Waals surface area (Å²) in [5.41, 5.74) is 4.00. The first kappa shape index (κ1) is 27.4. The van der Waals surface area contributed by atoms with E-state index >= 15 is 0 Å². The highest BCUT2D eigenvalue weighted by Crippen LogP contribution is 2.34. The van der Waals surface area contributed by atoms with Gasteiger partial charge in [-0.25, -0.2) is 4.79 Å². The molecule has 8 nitrogen and oxygen atoms in total. The van der Waals surface area contributed by atoms with E-state index in [1.165, 1.54) is 6.07 Å². The van der Waals surface area contributed by atoms with Gasteiger partial charge in [0.25, 0.3) is 0 Å². The van der Waals surface area contributed by atoms with Crippen LogP contribution in [0.5, 0.6) is 5.75 Å². The minimum absolute atomic E-state index is 0.108. The molecule has 0 atom stereocenters. The summed E-state index contributed by atoms with van der Waals surface area (Å²) in [4.78, 5) is 35.7.